The predicted octanol–water partition coefficient (Wildman–Crippen LogP) is 4.31. The molecule has 86 valence electrons. The fourth-order valence-corrected chi connectivity index (χ4v) is 2.83. The van der Waals surface area contributed by atoms with E-state index in [-0.39, 0.29) is 6.10 Å². The normalized spacial score (nSPS) is 13.4. The van der Waals surface area contributed by atoms with Crippen LogP contribution in [0.25, 0.3) is 0 Å². The number of aryl methyl sites for hydroxylation is 1. The Bertz CT molecular complexity index is 274. The molecule has 0 spiro atoms. The molecule has 1 atom stereocenters. The summed E-state index contributed by atoms with van der Waals surface area (Å²) in [5.74, 6) is 0.439. The lowest BCUT2D eigenvalue weighted by atomic mass is 9.89. The first-order chi connectivity index (χ1) is 7.19. The van der Waals surface area contributed by atoms with E-state index in [1.54, 1.807) is 11.3 Å². The highest BCUT2D eigenvalue weighted by atomic mass is 32.1. The average Bonchev–Trinajstić information content (AvgIpc) is 2.63. The van der Waals surface area contributed by atoms with Crippen LogP contribution >= 0.6 is 11.3 Å². The summed E-state index contributed by atoms with van der Waals surface area (Å²) in [4.78, 5) is 1.29. The highest BCUT2D eigenvalue weighted by Crippen LogP contribution is 2.31. The van der Waals surface area contributed by atoms with Gasteiger partial charge in [0.15, 0.2) is 0 Å². The third-order valence-corrected chi connectivity index (χ3v) is 3.74. The highest BCUT2D eigenvalue weighted by Gasteiger charge is 2.19. The molecule has 15 heavy (non-hydrogen) atoms. The van der Waals surface area contributed by atoms with E-state index in [2.05, 4.69) is 32.2 Å². The minimum absolute atomic E-state index is 0.255. The zero-order chi connectivity index (χ0) is 11.3. The third kappa shape index (κ3) is 3.62. The van der Waals surface area contributed by atoms with Gasteiger partial charge in [-0.25, -0.2) is 0 Å². The topological polar surface area (TPSA) is 20.2 Å². The van der Waals surface area contributed by atoms with Gasteiger partial charge in [0.05, 0.1) is 6.10 Å². The molecule has 1 aromatic rings. The molecule has 0 saturated carbocycles. The molecule has 0 radical (unpaired) electrons. The number of hydrogen-bond donors (Lipinski definition) is 1. The molecular formula is C13H22OS. The lowest BCUT2D eigenvalue weighted by molar-refractivity contribution is 0.0968. The van der Waals surface area contributed by atoms with Crippen LogP contribution in [0.5, 0.6) is 0 Å². The Labute approximate surface area is 97.2 Å². The maximum absolute atomic E-state index is 10.3. The van der Waals surface area contributed by atoms with E-state index in [9.17, 15) is 5.11 Å². The van der Waals surface area contributed by atoms with Gasteiger partial charge in [0.25, 0.3) is 0 Å². The molecule has 1 N–H and O–H groups in total. The number of thiophene rings is 1. The van der Waals surface area contributed by atoms with Crippen molar-refractivity contribution in [3.63, 3.8) is 0 Å². The van der Waals surface area contributed by atoms with E-state index in [1.807, 2.05) is 0 Å². The lowest BCUT2D eigenvalue weighted by Crippen LogP contribution is -2.11. The smallest absolute Gasteiger partial charge is 0.0826 e. The van der Waals surface area contributed by atoms with Crippen LogP contribution in [-0.4, -0.2) is 5.11 Å². The van der Waals surface area contributed by atoms with Gasteiger partial charge in [0.2, 0.25) is 0 Å². The molecule has 0 amide bonds. The van der Waals surface area contributed by atoms with Gasteiger partial charge in [0.1, 0.15) is 0 Å². The molecule has 1 rings (SSSR count). The highest BCUT2D eigenvalue weighted by molar-refractivity contribution is 7.10. The van der Waals surface area contributed by atoms with E-state index in [0.29, 0.717) is 5.92 Å². The van der Waals surface area contributed by atoms with Gasteiger partial charge in [-0.3, -0.25) is 0 Å². The zero-order valence-electron chi connectivity index (χ0n) is 9.99. The molecule has 2 heteroatoms. The average molecular weight is 226 g/mol. The van der Waals surface area contributed by atoms with Gasteiger partial charge in [-0.15, -0.1) is 11.3 Å². The molecule has 1 heterocycles. The Morgan fingerprint density at radius 1 is 1.27 bits per heavy atom. The summed E-state index contributed by atoms with van der Waals surface area (Å²) in [5, 5.41) is 12.4. The Morgan fingerprint density at radius 3 is 2.27 bits per heavy atom. The number of hydrogen-bond acceptors (Lipinski definition) is 2. The first kappa shape index (κ1) is 12.7. The van der Waals surface area contributed by atoms with Crippen LogP contribution < -0.4 is 0 Å². The van der Waals surface area contributed by atoms with E-state index < -0.39 is 0 Å². The van der Waals surface area contributed by atoms with Gasteiger partial charge < -0.3 is 5.11 Å². The summed E-state index contributed by atoms with van der Waals surface area (Å²) in [7, 11) is 0. The molecule has 0 aliphatic heterocycles. The van der Waals surface area contributed by atoms with Gasteiger partial charge in [0, 0.05) is 4.88 Å². The van der Waals surface area contributed by atoms with Crippen molar-refractivity contribution in [2.45, 2.75) is 52.6 Å². The second-order valence-electron chi connectivity index (χ2n) is 4.27. The van der Waals surface area contributed by atoms with Crippen LogP contribution in [-0.2, 0) is 0 Å². The van der Waals surface area contributed by atoms with Gasteiger partial charge in [-0.05, 0) is 42.7 Å². The molecular weight excluding hydrogens is 204 g/mol. The molecule has 0 aliphatic carbocycles. The van der Waals surface area contributed by atoms with Crippen molar-refractivity contribution in [2.24, 2.45) is 5.92 Å². The molecule has 1 unspecified atom stereocenters. The summed E-state index contributed by atoms with van der Waals surface area (Å²) >= 11 is 1.73. The molecule has 1 nitrogen and oxygen atoms in total. The van der Waals surface area contributed by atoms with Crippen molar-refractivity contribution in [3.8, 4) is 0 Å². The second-order valence-corrected chi connectivity index (χ2v) is 5.39. The first-order valence-corrected chi connectivity index (χ1v) is 6.80. The molecule has 0 aliphatic rings. The number of aliphatic hydroxyl groups excluding tert-OH is 1. The maximum Gasteiger partial charge on any atom is 0.0826 e. The van der Waals surface area contributed by atoms with Crippen molar-refractivity contribution in [1.82, 2.24) is 0 Å². The van der Waals surface area contributed by atoms with Crippen molar-refractivity contribution in [3.05, 3.63) is 21.9 Å². The molecule has 0 bridgehead atoms. The molecule has 0 aromatic carbocycles. The number of rotatable bonds is 6. The van der Waals surface area contributed by atoms with Crippen LogP contribution in [0.4, 0.5) is 0 Å². The summed E-state index contributed by atoms with van der Waals surface area (Å²) in [6, 6.07) is 2.12. The predicted molar refractivity (Wildman–Crippen MR) is 67.3 cm³/mol. The molecule has 0 fully saturated rings. The van der Waals surface area contributed by atoms with E-state index in [0.717, 1.165) is 31.2 Å². The summed E-state index contributed by atoms with van der Waals surface area (Å²) in [6.45, 7) is 6.47. The summed E-state index contributed by atoms with van der Waals surface area (Å²) in [6.07, 6.45) is 4.32. The minimum atomic E-state index is -0.255. The van der Waals surface area contributed by atoms with E-state index in [1.165, 1.54) is 4.88 Å². The van der Waals surface area contributed by atoms with Gasteiger partial charge in [-0.1, -0.05) is 26.7 Å². The van der Waals surface area contributed by atoms with Crippen molar-refractivity contribution in [2.75, 3.05) is 0 Å². The monoisotopic (exact) mass is 226 g/mol. The van der Waals surface area contributed by atoms with Gasteiger partial charge in [-0.2, -0.15) is 0 Å². The standard InChI is InChI=1S/C13H22OS/c1-4-6-11(7-5-2)13(14)12-8-10(3)15-9-12/h8-9,11,13-14H,4-7H2,1-3H3. The molecule has 0 saturated heterocycles. The largest absolute Gasteiger partial charge is 0.388 e. The van der Waals surface area contributed by atoms with Crippen LogP contribution in [0.15, 0.2) is 11.4 Å². The Morgan fingerprint density at radius 2 is 1.87 bits per heavy atom. The van der Waals surface area contributed by atoms with Crippen LogP contribution in [0.3, 0.4) is 0 Å². The lowest BCUT2D eigenvalue weighted by Gasteiger charge is -2.21. The Kier molecular flexibility index (Phi) is 5.34. The first-order valence-electron chi connectivity index (χ1n) is 5.92. The Hall–Kier alpha value is -0.340. The van der Waals surface area contributed by atoms with Gasteiger partial charge >= 0.3 is 0 Å². The van der Waals surface area contributed by atoms with Crippen molar-refractivity contribution >= 4 is 11.3 Å². The molecule has 1 aromatic heterocycles. The zero-order valence-corrected chi connectivity index (χ0v) is 10.8. The van der Waals surface area contributed by atoms with Crippen molar-refractivity contribution < 1.29 is 5.11 Å². The van der Waals surface area contributed by atoms with Crippen LogP contribution in [0.1, 0.15) is 56.1 Å². The van der Waals surface area contributed by atoms with Crippen LogP contribution in [0, 0.1) is 12.8 Å². The fraction of sp³-hybridized carbons (Fsp3) is 0.692. The SMILES string of the molecule is CCCC(CCC)C(O)c1csc(C)c1. The summed E-state index contributed by atoms with van der Waals surface area (Å²) < 4.78 is 0. The van der Waals surface area contributed by atoms with Crippen molar-refractivity contribution in [1.29, 1.82) is 0 Å². The van der Waals surface area contributed by atoms with E-state index in [4.69, 9.17) is 0 Å². The van der Waals surface area contributed by atoms with Crippen LogP contribution in [0.2, 0.25) is 0 Å². The Balaban J connectivity index is 2.66. The van der Waals surface area contributed by atoms with E-state index >= 15 is 0 Å². The maximum atomic E-state index is 10.3. The quantitative estimate of drug-likeness (QED) is 0.766. The second kappa shape index (κ2) is 6.29. The fourth-order valence-electron chi connectivity index (χ4n) is 2.09. The summed E-state index contributed by atoms with van der Waals surface area (Å²) in [5.41, 5.74) is 1.12. The third-order valence-electron chi connectivity index (χ3n) is 2.86. The number of aliphatic hydroxyl groups is 1. The minimum Gasteiger partial charge on any atom is -0.388 e.